The van der Waals surface area contributed by atoms with Crippen molar-refractivity contribution in [3.63, 3.8) is 0 Å². The van der Waals surface area contributed by atoms with Gasteiger partial charge in [-0.3, -0.25) is 20.4 Å². The van der Waals surface area contributed by atoms with Crippen molar-refractivity contribution in [2.75, 3.05) is 6.61 Å². The molecule has 0 aliphatic rings. The van der Waals surface area contributed by atoms with Crippen LogP contribution in [0.1, 0.15) is 6.92 Å². The van der Waals surface area contributed by atoms with Crippen molar-refractivity contribution in [1.82, 2.24) is 10.9 Å². The molecule has 9 heteroatoms. The van der Waals surface area contributed by atoms with Gasteiger partial charge in [-0.2, -0.15) is 0 Å². The van der Waals surface area contributed by atoms with E-state index >= 15 is 0 Å². The van der Waals surface area contributed by atoms with Gasteiger partial charge in [0.1, 0.15) is 17.3 Å². The zero-order valence-electron chi connectivity index (χ0n) is 13.6. The number of benzene rings is 2. The number of nitrogens with one attached hydrogen (secondary N) is 2. The molecule has 0 spiro atoms. The Hall–Kier alpha value is -2.51. The normalized spacial score (nSPS) is 11.4. The Morgan fingerprint density at radius 2 is 1.81 bits per heavy atom. The van der Waals surface area contributed by atoms with E-state index in [1.54, 1.807) is 6.07 Å². The summed E-state index contributed by atoms with van der Waals surface area (Å²) in [5.74, 6) is -1.05. The van der Waals surface area contributed by atoms with E-state index in [1.807, 2.05) is 0 Å². The Morgan fingerprint density at radius 1 is 1.12 bits per heavy atom. The first-order valence-corrected chi connectivity index (χ1v) is 8.19. The van der Waals surface area contributed by atoms with Gasteiger partial charge in [0, 0.05) is 11.1 Å². The highest BCUT2D eigenvalue weighted by molar-refractivity contribution is 6.34. The standard InChI is InChI=1S/C17H15Cl2FN2O4/c1-10(26-13-5-3-12(20)4-6-13)17(24)22-21-16(23)9-25-15-8-11(18)2-7-14(15)19/h2-8,10H,9H2,1H3,(H,21,23)(H,22,24). The second-order valence-corrected chi connectivity index (χ2v) is 5.96. The van der Waals surface area contributed by atoms with Gasteiger partial charge < -0.3 is 9.47 Å². The molecule has 1 unspecified atom stereocenters. The number of carbonyl (C=O) groups is 2. The lowest BCUT2D eigenvalue weighted by Gasteiger charge is -2.15. The number of hydrazine groups is 1. The molecule has 2 amide bonds. The van der Waals surface area contributed by atoms with Crippen molar-refractivity contribution in [3.8, 4) is 11.5 Å². The van der Waals surface area contributed by atoms with Crippen LogP contribution >= 0.6 is 23.2 Å². The molecule has 2 rings (SSSR count). The number of carbonyl (C=O) groups excluding carboxylic acids is 2. The van der Waals surface area contributed by atoms with Crippen molar-refractivity contribution in [2.24, 2.45) is 0 Å². The molecule has 0 aromatic heterocycles. The Balaban J connectivity index is 1.76. The Labute approximate surface area is 159 Å². The maximum Gasteiger partial charge on any atom is 0.279 e. The number of amides is 2. The highest BCUT2D eigenvalue weighted by atomic mass is 35.5. The minimum Gasteiger partial charge on any atom is -0.482 e. The molecular formula is C17H15Cl2FN2O4. The molecule has 0 aliphatic heterocycles. The van der Waals surface area contributed by atoms with Gasteiger partial charge in [0.05, 0.1) is 5.02 Å². The van der Waals surface area contributed by atoms with Crippen LogP contribution in [0, 0.1) is 5.82 Å². The second kappa shape index (κ2) is 9.26. The lowest BCUT2D eigenvalue weighted by molar-refractivity contribution is -0.133. The van der Waals surface area contributed by atoms with Crippen LogP contribution in [-0.2, 0) is 9.59 Å². The van der Waals surface area contributed by atoms with E-state index in [2.05, 4.69) is 10.9 Å². The molecule has 138 valence electrons. The lowest BCUT2D eigenvalue weighted by atomic mass is 10.3. The number of halogens is 3. The molecule has 0 fully saturated rings. The fourth-order valence-corrected chi connectivity index (χ4v) is 2.11. The molecule has 6 nitrogen and oxygen atoms in total. The highest BCUT2D eigenvalue weighted by Crippen LogP contribution is 2.27. The molecule has 1 atom stereocenters. The van der Waals surface area contributed by atoms with E-state index in [9.17, 15) is 14.0 Å². The molecular weight excluding hydrogens is 386 g/mol. The first-order valence-electron chi connectivity index (χ1n) is 7.44. The van der Waals surface area contributed by atoms with Crippen LogP contribution < -0.4 is 20.3 Å². The monoisotopic (exact) mass is 400 g/mol. The van der Waals surface area contributed by atoms with Crippen LogP contribution in [-0.4, -0.2) is 24.5 Å². The third-order valence-corrected chi connectivity index (χ3v) is 3.62. The van der Waals surface area contributed by atoms with Crippen LogP contribution in [0.2, 0.25) is 10.0 Å². The summed E-state index contributed by atoms with van der Waals surface area (Å²) in [5, 5.41) is 0.706. The molecule has 0 heterocycles. The van der Waals surface area contributed by atoms with Crippen molar-refractivity contribution in [3.05, 3.63) is 58.3 Å². The Bertz CT molecular complexity index is 787. The van der Waals surface area contributed by atoms with Crippen molar-refractivity contribution < 1.29 is 23.5 Å². The zero-order valence-corrected chi connectivity index (χ0v) is 15.1. The summed E-state index contributed by atoms with van der Waals surface area (Å²) in [4.78, 5) is 23.6. The lowest BCUT2D eigenvalue weighted by Crippen LogP contribution is -2.48. The molecule has 2 aromatic rings. The van der Waals surface area contributed by atoms with Gasteiger partial charge in [-0.25, -0.2) is 4.39 Å². The summed E-state index contributed by atoms with van der Waals surface area (Å²) in [5.41, 5.74) is 4.38. The predicted octanol–water partition coefficient (Wildman–Crippen LogP) is 3.13. The highest BCUT2D eigenvalue weighted by Gasteiger charge is 2.16. The third-order valence-electron chi connectivity index (χ3n) is 3.07. The van der Waals surface area contributed by atoms with E-state index in [0.717, 1.165) is 0 Å². The molecule has 0 saturated heterocycles. The van der Waals surface area contributed by atoms with Crippen LogP contribution in [0.5, 0.6) is 11.5 Å². The van der Waals surface area contributed by atoms with Gasteiger partial charge >= 0.3 is 0 Å². The summed E-state index contributed by atoms with van der Waals surface area (Å²) < 4.78 is 23.4. The van der Waals surface area contributed by atoms with Crippen LogP contribution in [0.3, 0.4) is 0 Å². The first-order chi connectivity index (χ1) is 12.3. The topological polar surface area (TPSA) is 76.7 Å². The third kappa shape index (κ3) is 6.09. The van der Waals surface area contributed by atoms with E-state index < -0.39 is 23.7 Å². The van der Waals surface area contributed by atoms with Gasteiger partial charge in [0.25, 0.3) is 11.8 Å². The van der Waals surface area contributed by atoms with Gasteiger partial charge in [-0.05, 0) is 43.3 Å². The number of ether oxygens (including phenoxy) is 2. The van der Waals surface area contributed by atoms with E-state index in [-0.39, 0.29) is 12.4 Å². The van der Waals surface area contributed by atoms with E-state index in [0.29, 0.717) is 15.8 Å². The number of hydrogen-bond acceptors (Lipinski definition) is 4. The maximum absolute atomic E-state index is 12.8. The van der Waals surface area contributed by atoms with E-state index in [4.69, 9.17) is 32.7 Å². The number of hydrogen-bond donors (Lipinski definition) is 2. The van der Waals surface area contributed by atoms with Crippen LogP contribution in [0.4, 0.5) is 4.39 Å². The van der Waals surface area contributed by atoms with Gasteiger partial charge in [-0.15, -0.1) is 0 Å². The summed E-state index contributed by atoms with van der Waals surface area (Å²) in [6.45, 7) is 1.10. The molecule has 0 aliphatic carbocycles. The largest absolute Gasteiger partial charge is 0.482 e. The van der Waals surface area contributed by atoms with Crippen molar-refractivity contribution in [1.29, 1.82) is 0 Å². The van der Waals surface area contributed by atoms with E-state index in [1.165, 1.54) is 43.3 Å². The molecule has 26 heavy (non-hydrogen) atoms. The summed E-state index contributed by atoms with van der Waals surface area (Å²) in [6, 6.07) is 9.78. The summed E-state index contributed by atoms with van der Waals surface area (Å²) in [6.07, 6.45) is -0.913. The average Bonchev–Trinajstić information content (AvgIpc) is 2.62. The van der Waals surface area contributed by atoms with Crippen molar-refractivity contribution >= 4 is 35.0 Å². The fourth-order valence-electron chi connectivity index (χ4n) is 1.77. The number of rotatable bonds is 6. The Kier molecular flexibility index (Phi) is 7.06. The maximum atomic E-state index is 12.8. The first kappa shape index (κ1) is 19.8. The predicted molar refractivity (Wildman–Crippen MR) is 94.7 cm³/mol. The second-order valence-electron chi connectivity index (χ2n) is 5.11. The van der Waals surface area contributed by atoms with Gasteiger partial charge in [-0.1, -0.05) is 23.2 Å². The molecule has 2 N–H and O–H groups in total. The van der Waals surface area contributed by atoms with Crippen LogP contribution in [0.25, 0.3) is 0 Å². The summed E-state index contributed by atoms with van der Waals surface area (Å²) >= 11 is 11.7. The minimum atomic E-state index is -0.913. The molecule has 0 radical (unpaired) electrons. The van der Waals surface area contributed by atoms with Crippen molar-refractivity contribution in [2.45, 2.75) is 13.0 Å². The van der Waals surface area contributed by atoms with Gasteiger partial charge in [0.15, 0.2) is 12.7 Å². The summed E-state index contributed by atoms with van der Waals surface area (Å²) in [7, 11) is 0. The minimum absolute atomic E-state index is 0.244. The van der Waals surface area contributed by atoms with Crippen LogP contribution in [0.15, 0.2) is 42.5 Å². The molecule has 0 bridgehead atoms. The SMILES string of the molecule is CC(Oc1ccc(F)cc1)C(=O)NNC(=O)COc1cc(Cl)ccc1Cl. The average molecular weight is 401 g/mol. The fraction of sp³-hybridized carbons (Fsp3) is 0.176. The van der Waals surface area contributed by atoms with Gasteiger partial charge in [0.2, 0.25) is 0 Å². The molecule has 2 aromatic carbocycles. The molecule has 0 saturated carbocycles. The Morgan fingerprint density at radius 3 is 2.50 bits per heavy atom. The smallest absolute Gasteiger partial charge is 0.279 e. The zero-order chi connectivity index (χ0) is 19.1. The quantitative estimate of drug-likeness (QED) is 0.730.